The number of aromatic nitrogens is 2. The fourth-order valence-electron chi connectivity index (χ4n) is 4.19. The number of nitrogens with one attached hydrogen (secondary N) is 1. The average Bonchev–Trinajstić information content (AvgIpc) is 3.15. The van der Waals surface area contributed by atoms with Crippen molar-refractivity contribution in [3.05, 3.63) is 94.5 Å². The molecule has 36 heavy (non-hydrogen) atoms. The van der Waals surface area contributed by atoms with Crippen molar-refractivity contribution in [2.75, 3.05) is 11.9 Å². The van der Waals surface area contributed by atoms with Gasteiger partial charge in [-0.15, -0.1) is 0 Å². The first kappa shape index (κ1) is 23.3. The zero-order valence-electron chi connectivity index (χ0n) is 19.6. The second-order valence-corrected chi connectivity index (χ2v) is 8.59. The fourth-order valence-corrected chi connectivity index (χ4v) is 4.19. The van der Waals surface area contributed by atoms with Crippen molar-refractivity contribution < 1.29 is 19.1 Å². The molecule has 1 aliphatic rings. The summed E-state index contributed by atoms with van der Waals surface area (Å²) < 4.78 is 12.7. The van der Waals surface area contributed by atoms with Gasteiger partial charge >= 0.3 is 5.97 Å². The van der Waals surface area contributed by atoms with Gasteiger partial charge in [0.1, 0.15) is 17.3 Å². The predicted molar refractivity (Wildman–Crippen MR) is 135 cm³/mol. The SMILES string of the molecule is O=C(COC(=O)c1ccc2c(=O)n3c(nc2c1)CCCCC3)Nc1ccc(Oc2ccccc2)cc1. The highest BCUT2D eigenvalue weighted by molar-refractivity contribution is 5.97. The van der Waals surface area contributed by atoms with Crippen LogP contribution in [0.3, 0.4) is 0 Å². The number of ether oxygens (including phenoxy) is 2. The smallest absolute Gasteiger partial charge is 0.338 e. The van der Waals surface area contributed by atoms with Gasteiger partial charge < -0.3 is 14.8 Å². The maximum Gasteiger partial charge on any atom is 0.338 e. The van der Waals surface area contributed by atoms with Gasteiger partial charge in [-0.05, 0) is 67.4 Å². The number of nitrogens with zero attached hydrogens (tertiary/aromatic N) is 2. The minimum atomic E-state index is -0.657. The number of anilines is 1. The lowest BCUT2D eigenvalue weighted by Gasteiger charge is -2.11. The first-order valence-corrected chi connectivity index (χ1v) is 11.9. The molecule has 0 saturated carbocycles. The van der Waals surface area contributed by atoms with Crippen molar-refractivity contribution in [2.45, 2.75) is 32.2 Å². The number of para-hydroxylation sites is 1. The van der Waals surface area contributed by atoms with E-state index in [-0.39, 0.29) is 11.1 Å². The molecule has 1 aromatic heterocycles. The van der Waals surface area contributed by atoms with Gasteiger partial charge in [-0.2, -0.15) is 0 Å². The maximum atomic E-state index is 12.9. The molecule has 1 amide bonds. The van der Waals surface area contributed by atoms with Gasteiger partial charge in [0.2, 0.25) is 0 Å². The number of benzene rings is 3. The Morgan fingerprint density at radius 3 is 2.50 bits per heavy atom. The normalized spacial score (nSPS) is 12.9. The molecule has 0 spiro atoms. The third-order valence-corrected chi connectivity index (χ3v) is 6.00. The molecule has 4 aromatic rings. The van der Waals surface area contributed by atoms with Crippen LogP contribution in [0.4, 0.5) is 5.69 Å². The molecular formula is C28H25N3O5. The Morgan fingerprint density at radius 2 is 1.69 bits per heavy atom. The third kappa shape index (κ3) is 5.27. The maximum absolute atomic E-state index is 12.9. The molecule has 3 aromatic carbocycles. The largest absolute Gasteiger partial charge is 0.457 e. The predicted octanol–water partition coefficient (Wildman–Crippen LogP) is 4.71. The second-order valence-electron chi connectivity index (χ2n) is 8.59. The standard InChI is InChI=1S/C28H25N3O5/c32-26(29-20-11-13-22(14-12-20)36-21-7-3-1-4-8-21)18-35-28(34)19-10-15-23-24(17-19)30-25-9-5-2-6-16-31(25)27(23)33/h1,3-4,7-8,10-15,17H,2,5-6,9,16,18H2,(H,29,32). The van der Waals surface area contributed by atoms with Crippen molar-refractivity contribution in [3.63, 3.8) is 0 Å². The van der Waals surface area contributed by atoms with Crippen molar-refractivity contribution in [2.24, 2.45) is 0 Å². The molecule has 0 bridgehead atoms. The summed E-state index contributed by atoms with van der Waals surface area (Å²) in [7, 11) is 0. The van der Waals surface area contributed by atoms with E-state index in [1.165, 1.54) is 6.07 Å². The zero-order chi connectivity index (χ0) is 24.9. The van der Waals surface area contributed by atoms with Gasteiger partial charge in [0.15, 0.2) is 6.61 Å². The third-order valence-electron chi connectivity index (χ3n) is 6.00. The molecule has 1 N–H and O–H groups in total. The van der Waals surface area contributed by atoms with E-state index < -0.39 is 18.5 Å². The Kier molecular flexibility index (Phi) is 6.75. The summed E-state index contributed by atoms with van der Waals surface area (Å²) in [4.78, 5) is 42.3. The summed E-state index contributed by atoms with van der Waals surface area (Å²) in [6.45, 7) is 0.220. The van der Waals surface area contributed by atoms with Crippen LogP contribution in [0.5, 0.6) is 11.5 Å². The minimum Gasteiger partial charge on any atom is -0.457 e. The van der Waals surface area contributed by atoms with Crippen molar-refractivity contribution in [1.82, 2.24) is 9.55 Å². The van der Waals surface area contributed by atoms with Crippen LogP contribution in [-0.4, -0.2) is 28.0 Å². The molecule has 8 heteroatoms. The number of hydrogen-bond acceptors (Lipinski definition) is 6. The first-order chi connectivity index (χ1) is 17.6. The molecule has 0 radical (unpaired) electrons. The molecule has 1 aliphatic heterocycles. The van der Waals surface area contributed by atoms with Crippen LogP contribution in [0.15, 0.2) is 77.6 Å². The summed E-state index contributed by atoms with van der Waals surface area (Å²) in [6.07, 6.45) is 3.74. The average molecular weight is 484 g/mol. The first-order valence-electron chi connectivity index (χ1n) is 11.9. The molecule has 8 nitrogen and oxygen atoms in total. The van der Waals surface area contributed by atoms with E-state index in [2.05, 4.69) is 10.3 Å². The van der Waals surface area contributed by atoms with E-state index in [9.17, 15) is 14.4 Å². The molecular weight excluding hydrogens is 458 g/mol. The summed E-state index contributed by atoms with van der Waals surface area (Å²) in [6, 6.07) is 20.9. The summed E-state index contributed by atoms with van der Waals surface area (Å²) in [5.41, 5.74) is 1.16. The molecule has 2 heterocycles. The highest BCUT2D eigenvalue weighted by Crippen LogP contribution is 2.22. The summed E-state index contributed by atoms with van der Waals surface area (Å²) in [5, 5.41) is 3.16. The lowest BCUT2D eigenvalue weighted by Crippen LogP contribution is -2.25. The van der Waals surface area contributed by atoms with E-state index >= 15 is 0 Å². The van der Waals surface area contributed by atoms with Crippen LogP contribution in [0.25, 0.3) is 10.9 Å². The van der Waals surface area contributed by atoms with E-state index in [4.69, 9.17) is 9.47 Å². The van der Waals surface area contributed by atoms with Gasteiger partial charge in [0, 0.05) is 18.7 Å². The summed E-state index contributed by atoms with van der Waals surface area (Å²) >= 11 is 0. The Bertz CT molecular complexity index is 1460. The van der Waals surface area contributed by atoms with Crippen molar-refractivity contribution in [3.8, 4) is 11.5 Å². The van der Waals surface area contributed by atoms with E-state index in [1.54, 1.807) is 41.0 Å². The Balaban J connectivity index is 1.19. The Morgan fingerprint density at radius 1 is 0.917 bits per heavy atom. The van der Waals surface area contributed by atoms with E-state index in [1.807, 2.05) is 30.3 Å². The van der Waals surface area contributed by atoms with Crippen LogP contribution in [0.2, 0.25) is 0 Å². The Hall–Kier alpha value is -4.46. The quantitative estimate of drug-likeness (QED) is 0.399. The number of carbonyl (C=O) groups is 2. The number of fused-ring (bicyclic) bond motifs is 2. The zero-order valence-corrected chi connectivity index (χ0v) is 19.6. The van der Waals surface area contributed by atoms with Gasteiger partial charge in [0.05, 0.1) is 16.5 Å². The van der Waals surface area contributed by atoms with Crippen molar-refractivity contribution >= 4 is 28.5 Å². The van der Waals surface area contributed by atoms with Crippen LogP contribution in [0.1, 0.15) is 35.4 Å². The minimum absolute atomic E-state index is 0.0867. The molecule has 5 rings (SSSR count). The Labute approximate surface area is 207 Å². The lowest BCUT2D eigenvalue weighted by atomic mass is 10.1. The van der Waals surface area contributed by atoms with Gasteiger partial charge in [-0.1, -0.05) is 24.6 Å². The molecule has 0 unspecified atom stereocenters. The van der Waals surface area contributed by atoms with Crippen LogP contribution in [-0.2, 0) is 22.5 Å². The lowest BCUT2D eigenvalue weighted by molar-refractivity contribution is -0.119. The van der Waals surface area contributed by atoms with Crippen LogP contribution in [0, 0.1) is 0 Å². The number of amides is 1. The summed E-state index contributed by atoms with van der Waals surface area (Å²) in [5.74, 6) is 0.964. The van der Waals surface area contributed by atoms with Crippen molar-refractivity contribution in [1.29, 1.82) is 0 Å². The monoisotopic (exact) mass is 483 g/mol. The number of aryl methyl sites for hydroxylation is 1. The molecule has 182 valence electrons. The molecule has 0 fully saturated rings. The van der Waals surface area contributed by atoms with Gasteiger partial charge in [0.25, 0.3) is 11.5 Å². The molecule has 0 saturated heterocycles. The van der Waals surface area contributed by atoms with Crippen LogP contribution < -0.4 is 15.6 Å². The van der Waals surface area contributed by atoms with E-state index in [0.717, 1.165) is 31.5 Å². The van der Waals surface area contributed by atoms with Gasteiger partial charge in [-0.3, -0.25) is 14.2 Å². The number of esters is 1. The highest BCUT2D eigenvalue weighted by atomic mass is 16.5. The second kappa shape index (κ2) is 10.4. The highest BCUT2D eigenvalue weighted by Gasteiger charge is 2.16. The number of rotatable bonds is 6. The van der Waals surface area contributed by atoms with Gasteiger partial charge in [-0.25, -0.2) is 9.78 Å². The fraction of sp³-hybridized carbons (Fsp3) is 0.214. The topological polar surface area (TPSA) is 99.5 Å². The van der Waals surface area contributed by atoms with E-state index in [0.29, 0.717) is 34.6 Å². The van der Waals surface area contributed by atoms with Crippen LogP contribution >= 0.6 is 0 Å². The number of carbonyl (C=O) groups excluding carboxylic acids is 2. The molecule has 0 aliphatic carbocycles. The number of hydrogen-bond donors (Lipinski definition) is 1. The molecule has 0 atom stereocenters.